The summed E-state index contributed by atoms with van der Waals surface area (Å²) < 4.78 is 0. The fraction of sp³-hybridized carbons (Fsp3) is 0.538. The molecule has 0 spiro atoms. The van der Waals surface area contributed by atoms with E-state index in [0.717, 1.165) is 25.9 Å². The molecule has 0 radical (unpaired) electrons. The summed E-state index contributed by atoms with van der Waals surface area (Å²) in [5.41, 5.74) is 5.62. The number of nitrogens with one attached hydrogen (secondary N) is 2. The van der Waals surface area contributed by atoms with Crippen molar-refractivity contribution in [3.05, 3.63) is 17.0 Å². The molecule has 0 aliphatic carbocycles. The lowest BCUT2D eigenvalue weighted by molar-refractivity contribution is -0.117. The van der Waals surface area contributed by atoms with Crippen LogP contribution in [-0.2, 0) is 4.79 Å². The fourth-order valence-corrected chi connectivity index (χ4v) is 3.21. The topological polar surface area (TPSA) is 87.5 Å². The molecule has 1 aromatic rings. The van der Waals surface area contributed by atoms with E-state index in [1.807, 2.05) is 7.05 Å². The van der Waals surface area contributed by atoms with Gasteiger partial charge in [0.15, 0.2) is 0 Å². The maximum atomic E-state index is 12.0. The zero-order valence-electron chi connectivity index (χ0n) is 11.5. The molecular formula is C13H20N4O2S. The Labute approximate surface area is 122 Å². The molecule has 0 bridgehead atoms. The van der Waals surface area contributed by atoms with Gasteiger partial charge in [-0.05, 0) is 37.9 Å². The third-order valence-corrected chi connectivity index (χ3v) is 4.29. The first-order valence-electron chi connectivity index (χ1n) is 6.67. The van der Waals surface area contributed by atoms with Crippen LogP contribution in [0.5, 0.6) is 0 Å². The van der Waals surface area contributed by atoms with Gasteiger partial charge in [0.05, 0.1) is 12.1 Å². The molecule has 1 saturated heterocycles. The predicted octanol–water partition coefficient (Wildman–Crippen LogP) is 0.469. The number of amides is 2. The van der Waals surface area contributed by atoms with E-state index in [-0.39, 0.29) is 5.91 Å². The van der Waals surface area contributed by atoms with Crippen molar-refractivity contribution in [2.75, 3.05) is 32.0 Å². The van der Waals surface area contributed by atoms with Crippen LogP contribution in [0.15, 0.2) is 11.4 Å². The third-order valence-electron chi connectivity index (χ3n) is 3.46. The van der Waals surface area contributed by atoms with Gasteiger partial charge in [-0.15, -0.1) is 11.3 Å². The van der Waals surface area contributed by atoms with E-state index in [4.69, 9.17) is 5.73 Å². The van der Waals surface area contributed by atoms with E-state index in [1.165, 1.54) is 11.3 Å². The minimum atomic E-state index is -0.519. The normalized spacial score (nSPS) is 19.8. The molecule has 7 heteroatoms. The van der Waals surface area contributed by atoms with Crippen LogP contribution >= 0.6 is 11.3 Å². The summed E-state index contributed by atoms with van der Waals surface area (Å²) in [6, 6.07) is 2.07. The van der Waals surface area contributed by atoms with Gasteiger partial charge in [-0.1, -0.05) is 0 Å². The fourth-order valence-electron chi connectivity index (χ4n) is 2.40. The van der Waals surface area contributed by atoms with Crippen LogP contribution in [0.25, 0.3) is 0 Å². The van der Waals surface area contributed by atoms with Crippen molar-refractivity contribution < 1.29 is 9.59 Å². The van der Waals surface area contributed by atoms with Crippen LogP contribution in [0.3, 0.4) is 0 Å². The van der Waals surface area contributed by atoms with Gasteiger partial charge in [0, 0.05) is 12.6 Å². The highest BCUT2D eigenvalue weighted by atomic mass is 32.1. The van der Waals surface area contributed by atoms with Crippen molar-refractivity contribution in [3.8, 4) is 0 Å². The number of nitrogens with two attached hydrogens (primary N) is 1. The average Bonchev–Trinajstić information content (AvgIpc) is 2.87. The molecule has 1 fully saturated rings. The number of likely N-dealkylation sites (N-methyl/N-ethyl adjacent to an activating group) is 1. The quantitative estimate of drug-likeness (QED) is 0.737. The molecule has 2 heterocycles. The summed E-state index contributed by atoms with van der Waals surface area (Å²) in [6.07, 6.45) is 2.23. The van der Waals surface area contributed by atoms with Crippen molar-refractivity contribution in [1.82, 2.24) is 10.2 Å². The number of rotatable bonds is 5. The molecule has 1 aliphatic heterocycles. The number of carbonyl (C=O) groups is 2. The molecule has 2 rings (SSSR count). The smallest absolute Gasteiger partial charge is 0.251 e. The van der Waals surface area contributed by atoms with Gasteiger partial charge in [-0.3, -0.25) is 14.5 Å². The Kier molecular flexibility index (Phi) is 5.11. The maximum Gasteiger partial charge on any atom is 0.251 e. The lowest BCUT2D eigenvalue weighted by Crippen LogP contribution is -2.46. The molecular weight excluding hydrogens is 276 g/mol. The molecule has 110 valence electrons. The molecule has 6 nitrogen and oxygen atoms in total. The summed E-state index contributed by atoms with van der Waals surface area (Å²) in [4.78, 5) is 25.3. The molecule has 0 saturated carbocycles. The Morgan fingerprint density at radius 3 is 3.05 bits per heavy atom. The van der Waals surface area contributed by atoms with Gasteiger partial charge in [-0.25, -0.2) is 0 Å². The maximum absolute atomic E-state index is 12.0. The largest absolute Gasteiger partial charge is 0.366 e. The van der Waals surface area contributed by atoms with E-state index in [1.54, 1.807) is 11.4 Å². The number of thiophene rings is 1. The molecule has 0 aromatic carbocycles. The van der Waals surface area contributed by atoms with Gasteiger partial charge in [0.25, 0.3) is 5.91 Å². The van der Waals surface area contributed by atoms with Gasteiger partial charge < -0.3 is 16.4 Å². The number of anilines is 1. The highest BCUT2D eigenvalue weighted by molar-refractivity contribution is 7.14. The minimum absolute atomic E-state index is 0.105. The molecule has 20 heavy (non-hydrogen) atoms. The van der Waals surface area contributed by atoms with Crippen molar-refractivity contribution >= 4 is 28.2 Å². The number of hydrogen-bond donors (Lipinski definition) is 3. The first-order chi connectivity index (χ1) is 9.60. The standard InChI is InChI=1S/C13H20N4O2S/c1-15-9-3-2-5-17(7-9)8-11(18)16-13-10(12(14)19)4-6-20-13/h4,6,9,15H,2-3,5,7-8H2,1H3,(H2,14,19)(H,16,18). The second kappa shape index (κ2) is 6.83. The third kappa shape index (κ3) is 3.78. The SMILES string of the molecule is CNC1CCCN(CC(=O)Nc2sccc2C(N)=O)C1. The van der Waals surface area contributed by atoms with E-state index in [9.17, 15) is 9.59 Å². The summed E-state index contributed by atoms with van der Waals surface area (Å²) in [5.74, 6) is -0.624. The van der Waals surface area contributed by atoms with Crippen LogP contribution in [0.4, 0.5) is 5.00 Å². The van der Waals surface area contributed by atoms with E-state index in [0.29, 0.717) is 23.2 Å². The van der Waals surface area contributed by atoms with Crippen LogP contribution in [0, 0.1) is 0 Å². The summed E-state index contributed by atoms with van der Waals surface area (Å²) >= 11 is 1.31. The second-order valence-corrected chi connectivity index (χ2v) is 5.85. The number of piperidine rings is 1. The summed E-state index contributed by atoms with van der Waals surface area (Å²) in [5, 5.41) is 8.29. The number of carbonyl (C=O) groups excluding carboxylic acids is 2. The van der Waals surface area contributed by atoms with Crippen molar-refractivity contribution in [3.63, 3.8) is 0 Å². The molecule has 1 atom stereocenters. The first-order valence-corrected chi connectivity index (χ1v) is 7.55. The lowest BCUT2D eigenvalue weighted by Gasteiger charge is -2.31. The Hall–Kier alpha value is -1.44. The average molecular weight is 296 g/mol. The van der Waals surface area contributed by atoms with Gasteiger partial charge in [0.2, 0.25) is 5.91 Å². The number of primary amides is 1. The van der Waals surface area contributed by atoms with Gasteiger partial charge in [0.1, 0.15) is 5.00 Å². The second-order valence-electron chi connectivity index (χ2n) is 4.94. The van der Waals surface area contributed by atoms with E-state index >= 15 is 0 Å². The summed E-state index contributed by atoms with van der Waals surface area (Å²) in [7, 11) is 1.94. The van der Waals surface area contributed by atoms with Crippen LogP contribution < -0.4 is 16.4 Å². The molecule has 4 N–H and O–H groups in total. The van der Waals surface area contributed by atoms with Crippen molar-refractivity contribution in [2.24, 2.45) is 5.73 Å². The van der Waals surface area contributed by atoms with E-state index in [2.05, 4.69) is 15.5 Å². The van der Waals surface area contributed by atoms with E-state index < -0.39 is 5.91 Å². The van der Waals surface area contributed by atoms with Crippen LogP contribution in [-0.4, -0.2) is 49.4 Å². The Bertz CT molecular complexity index is 488. The highest BCUT2D eigenvalue weighted by Crippen LogP contribution is 2.22. The zero-order chi connectivity index (χ0) is 14.5. The highest BCUT2D eigenvalue weighted by Gasteiger charge is 2.21. The minimum Gasteiger partial charge on any atom is -0.366 e. The lowest BCUT2D eigenvalue weighted by atomic mass is 10.1. The summed E-state index contributed by atoms with van der Waals surface area (Å²) in [6.45, 7) is 2.14. The first kappa shape index (κ1) is 15.0. The number of hydrogen-bond acceptors (Lipinski definition) is 5. The van der Waals surface area contributed by atoms with Crippen LogP contribution in [0.1, 0.15) is 23.2 Å². The van der Waals surface area contributed by atoms with Crippen molar-refractivity contribution in [2.45, 2.75) is 18.9 Å². The number of likely N-dealkylation sites (tertiary alicyclic amines) is 1. The van der Waals surface area contributed by atoms with Gasteiger partial charge >= 0.3 is 0 Å². The predicted molar refractivity (Wildman–Crippen MR) is 80.0 cm³/mol. The molecule has 2 amide bonds. The monoisotopic (exact) mass is 296 g/mol. The Morgan fingerprint density at radius 1 is 1.55 bits per heavy atom. The Balaban J connectivity index is 1.89. The number of nitrogens with zero attached hydrogens (tertiary/aromatic N) is 1. The van der Waals surface area contributed by atoms with Crippen LogP contribution in [0.2, 0.25) is 0 Å². The molecule has 1 aromatic heterocycles. The Morgan fingerprint density at radius 2 is 2.35 bits per heavy atom. The van der Waals surface area contributed by atoms with Gasteiger partial charge in [-0.2, -0.15) is 0 Å². The zero-order valence-corrected chi connectivity index (χ0v) is 12.3. The molecule has 1 aliphatic rings. The molecule has 1 unspecified atom stereocenters. The van der Waals surface area contributed by atoms with Crippen molar-refractivity contribution in [1.29, 1.82) is 0 Å².